The molecule has 1 unspecified atom stereocenters. The summed E-state index contributed by atoms with van der Waals surface area (Å²) >= 11 is 0. The maximum absolute atomic E-state index is 11.7. The van der Waals surface area contributed by atoms with Crippen LogP contribution in [0.4, 0.5) is 0 Å². The first-order valence-electron chi connectivity index (χ1n) is 6.29. The Balaban J connectivity index is 2.26. The zero-order chi connectivity index (χ0) is 13.6. The van der Waals surface area contributed by atoms with Crippen LogP contribution in [0.3, 0.4) is 0 Å². The highest BCUT2D eigenvalue weighted by Crippen LogP contribution is 2.18. The third kappa shape index (κ3) is 5.32. The molecule has 3 heteroatoms. The molecule has 3 nitrogen and oxygen atoms in total. The van der Waals surface area contributed by atoms with E-state index in [0.29, 0.717) is 13.0 Å². The Morgan fingerprint density at radius 2 is 1.89 bits per heavy atom. The second kappa shape index (κ2) is 6.55. The van der Waals surface area contributed by atoms with Crippen molar-refractivity contribution in [3.63, 3.8) is 0 Å². The first kappa shape index (κ1) is 14.7. The predicted octanol–water partition coefficient (Wildman–Crippen LogP) is 2.82. The lowest BCUT2D eigenvalue weighted by Crippen LogP contribution is -2.26. The lowest BCUT2D eigenvalue weighted by Gasteiger charge is -2.19. The molecular formula is C15H22O3. The minimum Gasteiger partial charge on any atom is -0.493 e. The van der Waals surface area contributed by atoms with Gasteiger partial charge >= 0.3 is 0 Å². The molecule has 18 heavy (non-hydrogen) atoms. The molecule has 1 N–H and O–H groups in total. The molecule has 0 aliphatic rings. The zero-order valence-corrected chi connectivity index (χ0v) is 11.3. The second-order valence-electron chi connectivity index (χ2n) is 5.48. The van der Waals surface area contributed by atoms with E-state index in [1.54, 1.807) is 0 Å². The molecule has 0 radical (unpaired) electrons. The van der Waals surface area contributed by atoms with Crippen LogP contribution in [0, 0.1) is 5.41 Å². The minimum atomic E-state index is -0.625. The molecule has 0 aliphatic carbocycles. The number of ketones is 1. The fourth-order valence-electron chi connectivity index (χ4n) is 1.45. The van der Waals surface area contributed by atoms with E-state index in [-0.39, 0.29) is 17.6 Å². The van der Waals surface area contributed by atoms with Crippen LogP contribution < -0.4 is 4.74 Å². The molecule has 0 amide bonds. The number of hydrogen-bond donors (Lipinski definition) is 1. The Bertz CT molecular complexity index is 365. The Hall–Kier alpha value is -1.35. The zero-order valence-electron chi connectivity index (χ0n) is 11.3. The molecule has 0 spiro atoms. The van der Waals surface area contributed by atoms with Crippen LogP contribution in [0.5, 0.6) is 5.75 Å². The van der Waals surface area contributed by atoms with E-state index in [0.717, 1.165) is 5.75 Å². The second-order valence-corrected chi connectivity index (χ2v) is 5.48. The summed E-state index contributed by atoms with van der Waals surface area (Å²) in [5.74, 6) is 0.863. The number of hydrogen-bond acceptors (Lipinski definition) is 3. The number of Topliss-reactive ketones (excluding diaryl/α,β-unsaturated/α-hetero) is 1. The molecule has 0 aliphatic heterocycles. The molecule has 0 saturated heterocycles. The summed E-state index contributed by atoms with van der Waals surface area (Å²) in [5.41, 5.74) is -0.388. The van der Waals surface area contributed by atoms with Gasteiger partial charge in [-0.25, -0.2) is 0 Å². The van der Waals surface area contributed by atoms with E-state index >= 15 is 0 Å². The summed E-state index contributed by atoms with van der Waals surface area (Å²) in [6.45, 7) is 6.01. The maximum atomic E-state index is 11.7. The Morgan fingerprint density at radius 3 is 2.44 bits per heavy atom. The number of para-hydroxylation sites is 1. The van der Waals surface area contributed by atoms with Gasteiger partial charge in [-0.2, -0.15) is 0 Å². The minimum absolute atomic E-state index is 0.0784. The Kier molecular flexibility index (Phi) is 5.35. The van der Waals surface area contributed by atoms with Gasteiger partial charge in [-0.3, -0.25) is 4.79 Å². The largest absolute Gasteiger partial charge is 0.493 e. The van der Waals surface area contributed by atoms with Crippen molar-refractivity contribution in [2.45, 2.75) is 39.7 Å². The summed E-state index contributed by atoms with van der Waals surface area (Å²) in [4.78, 5) is 11.7. The van der Waals surface area contributed by atoms with Crippen LogP contribution in [0.15, 0.2) is 30.3 Å². The number of benzene rings is 1. The van der Waals surface area contributed by atoms with E-state index in [1.807, 2.05) is 51.1 Å². The molecule has 0 bridgehead atoms. The van der Waals surface area contributed by atoms with Gasteiger partial charge < -0.3 is 9.84 Å². The number of rotatable bonds is 6. The molecule has 1 rings (SSSR count). The van der Waals surface area contributed by atoms with Gasteiger partial charge in [0.25, 0.3) is 0 Å². The molecule has 1 aromatic rings. The lowest BCUT2D eigenvalue weighted by molar-refractivity contribution is -0.128. The molecule has 100 valence electrons. The third-order valence-electron chi connectivity index (χ3n) is 2.72. The van der Waals surface area contributed by atoms with Crippen molar-refractivity contribution >= 4 is 5.78 Å². The SMILES string of the molecule is CC(C)(C)C(=O)CC(O)CCOc1ccccc1. The highest BCUT2D eigenvalue weighted by atomic mass is 16.5. The molecule has 1 atom stereocenters. The third-order valence-corrected chi connectivity index (χ3v) is 2.72. The summed E-state index contributed by atoms with van der Waals surface area (Å²) in [6.07, 6.45) is 0.0404. The van der Waals surface area contributed by atoms with Crippen LogP contribution in [-0.4, -0.2) is 23.6 Å². The highest BCUT2D eigenvalue weighted by molar-refractivity contribution is 5.83. The summed E-state index contributed by atoms with van der Waals surface area (Å²) in [7, 11) is 0. The average Bonchev–Trinajstić information content (AvgIpc) is 2.29. The normalized spacial score (nSPS) is 13.1. The smallest absolute Gasteiger partial charge is 0.140 e. The molecule has 1 aromatic carbocycles. The van der Waals surface area contributed by atoms with E-state index in [9.17, 15) is 9.90 Å². The van der Waals surface area contributed by atoms with Crippen molar-refractivity contribution in [2.75, 3.05) is 6.61 Å². The van der Waals surface area contributed by atoms with Gasteiger partial charge in [0.2, 0.25) is 0 Å². The monoisotopic (exact) mass is 250 g/mol. The Labute approximate surface area is 109 Å². The first-order valence-corrected chi connectivity index (χ1v) is 6.29. The highest BCUT2D eigenvalue weighted by Gasteiger charge is 2.23. The van der Waals surface area contributed by atoms with Crippen molar-refractivity contribution in [3.05, 3.63) is 30.3 Å². The number of carbonyl (C=O) groups is 1. The average molecular weight is 250 g/mol. The molecule has 0 aromatic heterocycles. The topological polar surface area (TPSA) is 46.5 Å². The van der Waals surface area contributed by atoms with E-state index in [2.05, 4.69) is 0 Å². The fourth-order valence-corrected chi connectivity index (χ4v) is 1.45. The number of aliphatic hydroxyl groups excluding tert-OH is 1. The molecule has 0 fully saturated rings. The van der Waals surface area contributed by atoms with E-state index in [1.165, 1.54) is 0 Å². The van der Waals surface area contributed by atoms with Crippen LogP contribution in [0.25, 0.3) is 0 Å². The van der Waals surface area contributed by atoms with Crippen LogP contribution in [0.2, 0.25) is 0 Å². The van der Waals surface area contributed by atoms with Gasteiger partial charge in [0.05, 0.1) is 12.7 Å². The molecule has 0 saturated carbocycles. The van der Waals surface area contributed by atoms with Crippen molar-refractivity contribution in [3.8, 4) is 5.75 Å². The van der Waals surface area contributed by atoms with Crippen molar-refractivity contribution in [1.82, 2.24) is 0 Å². The molecule has 0 heterocycles. The summed E-state index contributed by atoms with van der Waals surface area (Å²) in [6, 6.07) is 9.45. The predicted molar refractivity (Wildman–Crippen MR) is 71.6 cm³/mol. The fraction of sp³-hybridized carbons (Fsp3) is 0.533. The Morgan fingerprint density at radius 1 is 1.28 bits per heavy atom. The standard InChI is InChI=1S/C15H22O3/c1-15(2,3)14(17)11-12(16)9-10-18-13-7-5-4-6-8-13/h4-8,12,16H,9-11H2,1-3H3. The quantitative estimate of drug-likeness (QED) is 0.844. The van der Waals surface area contributed by atoms with Gasteiger partial charge in [-0.05, 0) is 12.1 Å². The summed E-state index contributed by atoms with van der Waals surface area (Å²) < 4.78 is 5.47. The van der Waals surface area contributed by atoms with Crippen molar-refractivity contribution in [1.29, 1.82) is 0 Å². The van der Waals surface area contributed by atoms with Crippen LogP contribution >= 0.6 is 0 Å². The van der Waals surface area contributed by atoms with Gasteiger partial charge in [-0.1, -0.05) is 39.0 Å². The first-order chi connectivity index (χ1) is 8.39. The van der Waals surface area contributed by atoms with Gasteiger partial charge in [-0.15, -0.1) is 0 Å². The maximum Gasteiger partial charge on any atom is 0.140 e. The number of ether oxygens (including phenoxy) is 1. The van der Waals surface area contributed by atoms with E-state index < -0.39 is 6.10 Å². The van der Waals surface area contributed by atoms with Gasteiger partial charge in [0.15, 0.2) is 0 Å². The number of aliphatic hydroxyl groups is 1. The van der Waals surface area contributed by atoms with E-state index in [4.69, 9.17) is 4.74 Å². The van der Waals surface area contributed by atoms with Crippen molar-refractivity contribution in [2.24, 2.45) is 5.41 Å². The number of carbonyl (C=O) groups excluding carboxylic acids is 1. The lowest BCUT2D eigenvalue weighted by atomic mass is 9.87. The van der Waals surface area contributed by atoms with Crippen LogP contribution in [0.1, 0.15) is 33.6 Å². The van der Waals surface area contributed by atoms with Crippen LogP contribution in [-0.2, 0) is 4.79 Å². The van der Waals surface area contributed by atoms with Gasteiger partial charge in [0.1, 0.15) is 11.5 Å². The van der Waals surface area contributed by atoms with Gasteiger partial charge in [0, 0.05) is 18.3 Å². The molecular weight excluding hydrogens is 228 g/mol. The van der Waals surface area contributed by atoms with Crippen molar-refractivity contribution < 1.29 is 14.6 Å². The summed E-state index contributed by atoms with van der Waals surface area (Å²) in [5, 5.41) is 9.76.